The van der Waals surface area contributed by atoms with Gasteiger partial charge in [0.25, 0.3) is 0 Å². The van der Waals surface area contributed by atoms with Crippen LogP contribution in [0.5, 0.6) is 0 Å². The maximum Gasteiger partial charge on any atom is 0.407 e. The van der Waals surface area contributed by atoms with Crippen molar-refractivity contribution in [3.8, 4) is 11.1 Å². The molecule has 0 spiro atoms. The summed E-state index contributed by atoms with van der Waals surface area (Å²) in [5.74, 6) is -1.66. The van der Waals surface area contributed by atoms with Crippen LogP contribution in [0.3, 0.4) is 0 Å². The number of hydrogen-bond acceptors (Lipinski definition) is 5. The Hall–Kier alpha value is -3.39. The van der Waals surface area contributed by atoms with Gasteiger partial charge in [-0.15, -0.1) is 0 Å². The van der Waals surface area contributed by atoms with Gasteiger partial charge in [-0.1, -0.05) is 48.5 Å². The van der Waals surface area contributed by atoms with Crippen LogP contribution in [0.4, 0.5) is 4.79 Å². The zero-order valence-corrected chi connectivity index (χ0v) is 18.8. The van der Waals surface area contributed by atoms with Gasteiger partial charge in [0.05, 0.1) is 0 Å². The summed E-state index contributed by atoms with van der Waals surface area (Å²) in [6.07, 6.45) is 0.100. The molecule has 174 valence electrons. The maximum absolute atomic E-state index is 12.4. The van der Waals surface area contributed by atoms with Crippen LogP contribution in [0.2, 0.25) is 0 Å². The number of nitrogens with zero attached hydrogens (tertiary/aromatic N) is 1. The molecule has 2 aromatic carbocycles. The first-order chi connectivity index (χ1) is 15.8. The molecule has 0 heterocycles. The molecule has 0 aromatic heterocycles. The summed E-state index contributed by atoms with van der Waals surface area (Å²) in [6, 6.07) is 15.3. The summed E-state index contributed by atoms with van der Waals surface area (Å²) in [6.45, 7) is 0.774. The molecule has 0 radical (unpaired) electrons. The Labute approximate surface area is 192 Å². The molecule has 2 aromatic rings. The largest absolute Gasteiger partial charge is 0.480 e. The summed E-state index contributed by atoms with van der Waals surface area (Å²) in [5, 5.41) is 14.6. The molecule has 0 saturated heterocycles. The van der Waals surface area contributed by atoms with E-state index in [1.807, 2.05) is 24.3 Å². The highest BCUT2D eigenvalue weighted by Gasteiger charge is 2.44. The molecular formula is C25H29N3O5. The number of aliphatic carboxylic acids is 1. The topological polar surface area (TPSA) is 108 Å². The van der Waals surface area contributed by atoms with Crippen molar-refractivity contribution in [2.75, 3.05) is 33.8 Å². The van der Waals surface area contributed by atoms with E-state index in [4.69, 9.17) is 4.74 Å². The van der Waals surface area contributed by atoms with Crippen LogP contribution >= 0.6 is 0 Å². The second-order valence-electron chi connectivity index (χ2n) is 8.97. The Morgan fingerprint density at radius 2 is 1.67 bits per heavy atom. The number of fused-ring (bicyclic) bond motifs is 3. The number of alkyl carbamates (subject to hydrolysis) is 1. The number of likely N-dealkylation sites (N-methyl/N-ethyl adjacent to an activating group) is 1. The standard InChI is InChI=1S/C25H29N3O5/c1-28(2)13-22(24(30)31)27-23(29)20-11-15(20)12-26-25(32)33-14-21-18-9-5-3-7-16(18)17-8-4-6-10-19(17)21/h3-10,15,20-22H,11-14H2,1-2H3,(H,26,32)(H,27,29)(H,30,31). The van der Waals surface area contributed by atoms with E-state index in [1.54, 1.807) is 19.0 Å². The van der Waals surface area contributed by atoms with Crippen molar-refractivity contribution in [2.45, 2.75) is 18.4 Å². The van der Waals surface area contributed by atoms with Gasteiger partial charge >= 0.3 is 12.1 Å². The number of rotatable bonds is 9. The van der Waals surface area contributed by atoms with E-state index in [-0.39, 0.29) is 36.8 Å². The number of hydrogen-bond donors (Lipinski definition) is 3. The number of carboxylic acid groups (broad SMARTS) is 1. The fraction of sp³-hybridized carbons (Fsp3) is 0.400. The third-order valence-electron chi connectivity index (χ3n) is 6.27. The number of carbonyl (C=O) groups excluding carboxylic acids is 2. The van der Waals surface area contributed by atoms with Gasteiger partial charge in [-0.3, -0.25) is 4.79 Å². The molecule has 0 aliphatic heterocycles. The minimum Gasteiger partial charge on any atom is -0.480 e. The van der Waals surface area contributed by atoms with Crippen molar-refractivity contribution >= 4 is 18.0 Å². The van der Waals surface area contributed by atoms with Crippen molar-refractivity contribution in [1.82, 2.24) is 15.5 Å². The third-order valence-corrected chi connectivity index (χ3v) is 6.27. The Kier molecular flexibility index (Phi) is 6.65. The number of nitrogens with one attached hydrogen (secondary N) is 2. The first-order valence-electron chi connectivity index (χ1n) is 11.1. The molecule has 3 N–H and O–H groups in total. The normalized spacial score (nSPS) is 19.4. The lowest BCUT2D eigenvalue weighted by Gasteiger charge is -2.18. The van der Waals surface area contributed by atoms with Crippen LogP contribution in [0.1, 0.15) is 23.5 Å². The van der Waals surface area contributed by atoms with Gasteiger partial charge in [0.1, 0.15) is 12.6 Å². The van der Waals surface area contributed by atoms with Crippen LogP contribution in [0.15, 0.2) is 48.5 Å². The molecule has 8 heteroatoms. The van der Waals surface area contributed by atoms with Crippen molar-refractivity contribution in [3.63, 3.8) is 0 Å². The van der Waals surface area contributed by atoms with E-state index < -0.39 is 18.1 Å². The molecule has 1 saturated carbocycles. The zero-order chi connectivity index (χ0) is 23.5. The number of ether oxygens (including phenoxy) is 1. The lowest BCUT2D eigenvalue weighted by atomic mass is 9.98. The molecule has 2 aliphatic carbocycles. The van der Waals surface area contributed by atoms with Gasteiger partial charge in [-0.05, 0) is 48.7 Å². The number of benzene rings is 2. The van der Waals surface area contributed by atoms with Crippen molar-refractivity contribution in [2.24, 2.45) is 11.8 Å². The van der Waals surface area contributed by atoms with Crippen LogP contribution in [-0.4, -0.2) is 67.8 Å². The van der Waals surface area contributed by atoms with Gasteiger partial charge in [-0.25, -0.2) is 9.59 Å². The Bertz CT molecular complexity index is 1010. The van der Waals surface area contributed by atoms with Gasteiger partial charge in [0, 0.05) is 24.9 Å². The first-order valence-corrected chi connectivity index (χ1v) is 11.1. The first kappa shape index (κ1) is 22.8. The third kappa shape index (κ3) is 5.17. The van der Waals surface area contributed by atoms with E-state index in [1.165, 1.54) is 11.1 Å². The lowest BCUT2D eigenvalue weighted by Crippen LogP contribution is -2.47. The predicted octanol–water partition coefficient (Wildman–Crippen LogP) is 2.29. The van der Waals surface area contributed by atoms with E-state index >= 15 is 0 Å². The molecule has 3 atom stereocenters. The molecular weight excluding hydrogens is 422 g/mol. The van der Waals surface area contributed by atoms with Crippen LogP contribution < -0.4 is 10.6 Å². The van der Waals surface area contributed by atoms with Gasteiger partial charge < -0.3 is 25.4 Å². The van der Waals surface area contributed by atoms with E-state index in [0.717, 1.165) is 11.1 Å². The van der Waals surface area contributed by atoms with E-state index in [9.17, 15) is 19.5 Å². The van der Waals surface area contributed by atoms with Crippen LogP contribution in [0.25, 0.3) is 11.1 Å². The summed E-state index contributed by atoms with van der Waals surface area (Å²) in [4.78, 5) is 37.7. The Morgan fingerprint density at radius 3 is 2.24 bits per heavy atom. The quantitative estimate of drug-likeness (QED) is 0.540. The van der Waals surface area contributed by atoms with Gasteiger partial charge in [0.2, 0.25) is 5.91 Å². The smallest absolute Gasteiger partial charge is 0.407 e. The molecule has 33 heavy (non-hydrogen) atoms. The maximum atomic E-state index is 12.4. The van der Waals surface area contributed by atoms with Crippen molar-refractivity contribution in [1.29, 1.82) is 0 Å². The van der Waals surface area contributed by atoms with E-state index in [2.05, 4.69) is 34.9 Å². The van der Waals surface area contributed by atoms with E-state index in [0.29, 0.717) is 13.0 Å². The molecule has 8 nitrogen and oxygen atoms in total. The number of carbonyl (C=O) groups is 3. The minimum absolute atomic E-state index is 0.00718. The summed E-state index contributed by atoms with van der Waals surface area (Å²) >= 11 is 0. The summed E-state index contributed by atoms with van der Waals surface area (Å²) < 4.78 is 5.52. The highest BCUT2D eigenvalue weighted by molar-refractivity contribution is 5.87. The fourth-order valence-corrected chi connectivity index (χ4v) is 4.49. The zero-order valence-electron chi connectivity index (χ0n) is 18.8. The van der Waals surface area contributed by atoms with Crippen molar-refractivity contribution in [3.05, 3.63) is 59.7 Å². The van der Waals surface area contributed by atoms with Gasteiger partial charge in [0.15, 0.2) is 0 Å². The average molecular weight is 452 g/mol. The molecule has 3 unspecified atom stereocenters. The monoisotopic (exact) mass is 451 g/mol. The minimum atomic E-state index is -1.06. The molecule has 2 amide bonds. The SMILES string of the molecule is CN(C)CC(NC(=O)C1CC1CNC(=O)OCC1c2ccccc2-c2ccccc21)C(=O)O. The Balaban J connectivity index is 1.24. The summed E-state index contributed by atoms with van der Waals surface area (Å²) in [5.41, 5.74) is 4.64. The summed E-state index contributed by atoms with van der Waals surface area (Å²) in [7, 11) is 3.50. The molecule has 2 aliphatic rings. The highest BCUT2D eigenvalue weighted by Crippen LogP contribution is 2.44. The lowest BCUT2D eigenvalue weighted by molar-refractivity contribution is -0.142. The van der Waals surface area contributed by atoms with Crippen LogP contribution in [0, 0.1) is 11.8 Å². The number of amides is 2. The fourth-order valence-electron chi connectivity index (χ4n) is 4.49. The second kappa shape index (κ2) is 9.62. The molecule has 0 bridgehead atoms. The molecule has 4 rings (SSSR count). The van der Waals surface area contributed by atoms with Gasteiger partial charge in [-0.2, -0.15) is 0 Å². The average Bonchev–Trinajstić information content (AvgIpc) is 3.51. The predicted molar refractivity (Wildman–Crippen MR) is 123 cm³/mol. The highest BCUT2D eigenvalue weighted by atomic mass is 16.5. The number of carboxylic acids is 1. The molecule has 1 fully saturated rings. The van der Waals surface area contributed by atoms with Crippen LogP contribution in [-0.2, 0) is 14.3 Å². The van der Waals surface area contributed by atoms with Crippen molar-refractivity contribution < 1.29 is 24.2 Å². The second-order valence-corrected chi connectivity index (χ2v) is 8.97. The Morgan fingerprint density at radius 1 is 1.06 bits per heavy atom.